The number of H-pyrrole nitrogens is 1. The lowest BCUT2D eigenvalue weighted by Crippen LogP contribution is -2.34. The molecular weight excluding hydrogens is 424 g/mol. The molecule has 1 N–H and O–H groups in total. The van der Waals surface area contributed by atoms with E-state index < -0.39 is 16.1 Å². The topological polar surface area (TPSA) is 88.2 Å². The summed E-state index contributed by atoms with van der Waals surface area (Å²) in [5.74, 6) is 0.549. The van der Waals surface area contributed by atoms with Gasteiger partial charge < -0.3 is 9.72 Å². The number of sulfonamides is 1. The Balaban J connectivity index is 1.76. The summed E-state index contributed by atoms with van der Waals surface area (Å²) in [7, 11) is -2.02. The van der Waals surface area contributed by atoms with E-state index in [1.807, 2.05) is 55.5 Å². The predicted octanol–water partition coefficient (Wildman–Crippen LogP) is 4.46. The molecule has 4 aromatic rings. The third-order valence-corrected chi connectivity index (χ3v) is 6.60. The molecule has 0 radical (unpaired) electrons. The Kier molecular flexibility index (Phi) is 6.07. The van der Waals surface area contributed by atoms with Gasteiger partial charge in [0.15, 0.2) is 0 Å². The second kappa shape index (κ2) is 8.94. The molecule has 0 amide bonds. The standard InChI is InChI=1S/C24H24N4O3S/c1-4-32(29,30)28(3)16-17(2)31-21-15-25-14-12-19(21)23-22(18-9-6-5-7-10-18)24-20(27-23)11-8-13-26-24/h4-15,17,27H,1,16H2,2-3H3. The zero-order valence-corrected chi connectivity index (χ0v) is 18.7. The quantitative estimate of drug-likeness (QED) is 0.430. The molecule has 0 saturated heterocycles. The van der Waals surface area contributed by atoms with E-state index in [1.165, 1.54) is 11.4 Å². The van der Waals surface area contributed by atoms with Gasteiger partial charge in [-0.3, -0.25) is 9.97 Å². The average Bonchev–Trinajstić information content (AvgIpc) is 3.19. The van der Waals surface area contributed by atoms with E-state index >= 15 is 0 Å². The lowest BCUT2D eigenvalue weighted by atomic mass is 10.0. The van der Waals surface area contributed by atoms with Gasteiger partial charge in [0, 0.05) is 36.0 Å². The van der Waals surface area contributed by atoms with Crippen LogP contribution in [0.3, 0.4) is 0 Å². The fourth-order valence-corrected chi connectivity index (χ4v) is 4.31. The molecule has 164 valence electrons. The van der Waals surface area contributed by atoms with Gasteiger partial charge in [-0.15, -0.1) is 0 Å². The monoisotopic (exact) mass is 448 g/mol. The van der Waals surface area contributed by atoms with E-state index in [0.29, 0.717) is 5.75 Å². The molecule has 1 aromatic carbocycles. The Labute approximate surface area is 187 Å². The third-order valence-electron chi connectivity index (χ3n) is 5.16. The van der Waals surface area contributed by atoms with Gasteiger partial charge in [-0.1, -0.05) is 36.9 Å². The molecule has 3 aromatic heterocycles. The molecule has 1 unspecified atom stereocenters. The Morgan fingerprint density at radius 2 is 1.94 bits per heavy atom. The van der Waals surface area contributed by atoms with Crippen LogP contribution < -0.4 is 4.74 Å². The molecule has 8 heteroatoms. The Bertz CT molecular complexity index is 1350. The second-order valence-electron chi connectivity index (χ2n) is 7.43. The smallest absolute Gasteiger partial charge is 0.235 e. The molecule has 0 saturated carbocycles. The van der Waals surface area contributed by atoms with Gasteiger partial charge >= 0.3 is 0 Å². The number of rotatable bonds is 8. The molecule has 7 nitrogen and oxygen atoms in total. The van der Waals surface area contributed by atoms with Crippen LogP contribution in [-0.4, -0.2) is 47.4 Å². The minimum Gasteiger partial charge on any atom is -0.487 e. The van der Waals surface area contributed by atoms with Crippen molar-refractivity contribution in [1.29, 1.82) is 0 Å². The number of likely N-dealkylation sites (N-methyl/N-ethyl adjacent to an activating group) is 1. The molecule has 0 aliphatic carbocycles. The Morgan fingerprint density at radius 1 is 1.16 bits per heavy atom. The van der Waals surface area contributed by atoms with Crippen molar-refractivity contribution in [3.8, 4) is 28.1 Å². The summed E-state index contributed by atoms with van der Waals surface area (Å²) in [6.07, 6.45) is 4.70. The molecule has 0 spiro atoms. The zero-order valence-electron chi connectivity index (χ0n) is 17.9. The van der Waals surface area contributed by atoms with Crippen molar-refractivity contribution >= 4 is 21.1 Å². The zero-order chi connectivity index (χ0) is 22.7. The van der Waals surface area contributed by atoms with Crippen LogP contribution in [-0.2, 0) is 10.0 Å². The number of hydrogen-bond acceptors (Lipinski definition) is 5. The van der Waals surface area contributed by atoms with Crippen molar-refractivity contribution in [1.82, 2.24) is 19.3 Å². The summed E-state index contributed by atoms with van der Waals surface area (Å²) in [4.78, 5) is 12.3. The molecule has 4 rings (SSSR count). The molecule has 1 atom stereocenters. The van der Waals surface area contributed by atoms with Crippen molar-refractivity contribution in [3.63, 3.8) is 0 Å². The van der Waals surface area contributed by atoms with Crippen molar-refractivity contribution in [2.24, 2.45) is 0 Å². The highest BCUT2D eigenvalue weighted by Gasteiger charge is 2.22. The van der Waals surface area contributed by atoms with Crippen LogP contribution in [0.2, 0.25) is 0 Å². The van der Waals surface area contributed by atoms with E-state index in [9.17, 15) is 8.42 Å². The van der Waals surface area contributed by atoms with Crippen LogP contribution in [0.25, 0.3) is 33.4 Å². The second-order valence-corrected chi connectivity index (χ2v) is 9.42. The lowest BCUT2D eigenvalue weighted by molar-refractivity contribution is 0.196. The number of pyridine rings is 2. The van der Waals surface area contributed by atoms with Gasteiger partial charge in [0.25, 0.3) is 0 Å². The maximum atomic E-state index is 12.0. The van der Waals surface area contributed by atoms with Gasteiger partial charge in [0.05, 0.1) is 29.5 Å². The lowest BCUT2D eigenvalue weighted by Gasteiger charge is -2.22. The highest BCUT2D eigenvalue weighted by atomic mass is 32.2. The Morgan fingerprint density at radius 3 is 2.69 bits per heavy atom. The first-order chi connectivity index (χ1) is 15.4. The maximum Gasteiger partial charge on any atom is 0.235 e. The SMILES string of the molecule is C=CS(=O)(=O)N(C)CC(C)Oc1cnccc1-c1[nH]c2cccnc2c1-c1ccccc1. The minimum absolute atomic E-state index is 0.169. The maximum absolute atomic E-state index is 12.0. The predicted molar refractivity (Wildman–Crippen MR) is 127 cm³/mol. The molecule has 0 aliphatic heterocycles. The molecule has 32 heavy (non-hydrogen) atoms. The van der Waals surface area contributed by atoms with E-state index in [0.717, 1.165) is 38.8 Å². The first-order valence-electron chi connectivity index (χ1n) is 10.1. The van der Waals surface area contributed by atoms with Crippen LogP contribution in [0.5, 0.6) is 5.75 Å². The molecule has 0 fully saturated rings. The third kappa shape index (κ3) is 4.28. The first kappa shape index (κ1) is 21.7. The van der Waals surface area contributed by atoms with Crippen molar-refractivity contribution in [2.75, 3.05) is 13.6 Å². The number of hydrogen-bond donors (Lipinski definition) is 1. The highest BCUT2D eigenvalue weighted by molar-refractivity contribution is 7.91. The fourth-order valence-electron chi connectivity index (χ4n) is 3.64. The summed E-state index contributed by atoms with van der Waals surface area (Å²) in [5, 5.41) is 0.929. The fraction of sp³-hybridized carbons (Fsp3) is 0.167. The van der Waals surface area contributed by atoms with Crippen molar-refractivity contribution in [3.05, 3.63) is 79.1 Å². The number of aromatic nitrogens is 3. The number of benzene rings is 1. The van der Waals surface area contributed by atoms with Gasteiger partial charge in [-0.25, -0.2) is 8.42 Å². The van der Waals surface area contributed by atoms with Gasteiger partial charge in [-0.2, -0.15) is 4.31 Å². The normalized spacial score (nSPS) is 12.7. The number of fused-ring (bicyclic) bond motifs is 1. The van der Waals surface area contributed by atoms with Gasteiger partial charge in [0.1, 0.15) is 11.9 Å². The minimum atomic E-state index is -3.52. The van der Waals surface area contributed by atoms with E-state index in [1.54, 1.807) is 18.6 Å². The largest absolute Gasteiger partial charge is 0.487 e. The summed E-state index contributed by atoms with van der Waals surface area (Å²) in [5.41, 5.74) is 5.45. The number of nitrogens with one attached hydrogen (secondary N) is 1. The van der Waals surface area contributed by atoms with E-state index in [4.69, 9.17) is 4.74 Å². The summed E-state index contributed by atoms with van der Waals surface area (Å²) in [6, 6.07) is 15.8. The van der Waals surface area contributed by atoms with Crippen molar-refractivity contribution in [2.45, 2.75) is 13.0 Å². The number of aromatic amines is 1. The Hall–Kier alpha value is -3.49. The number of ether oxygens (including phenoxy) is 1. The van der Waals surface area contributed by atoms with E-state index in [2.05, 4.69) is 21.5 Å². The summed E-state index contributed by atoms with van der Waals surface area (Å²) < 4.78 is 31.4. The van der Waals surface area contributed by atoms with E-state index in [-0.39, 0.29) is 6.54 Å². The van der Waals surface area contributed by atoms with Crippen LogP contribution >= 0.6 is 0 Å². The van der Waals surface area contributed by atoms with Crippen LogP contribution in [0.4, 0.5) is 0 Å². The molecular formula is C24H24N4O3S. The van der Waals surface area contributed by atoms with Gasteiger partial charge in [-0.05, 0) is 30.7 Å². The molecule has 3 heterocycles. The highest BCUT2D eigenvalue weighted by Crippen LogP contribution is 2.40. The van der Waals surface area contributed by atoms with Crippen LogP contribution in [0.15, 0.2) is 79.1 Å². The summed E-state index contributed by atoms with van der Waals surface area (Å²) >= 11 is 0. The molecule has 0 aliphatic rings. The van der Waals surface area contributed by atoms with Gasteiger partial charge in [0.2, 0.25) is 10.0 Å². The molecule has 0 bridgehead atoms. The first-order valence-corrected chi connectivity index (χ1v) is 11.6. The van der Waals surface area contributed by atoms with Crippen LogP contribution in [0.1, 0.15) is 6.92 Å². The average molecular weight is 449 g/mol. The van der Waals surface area contributed by atoms with Crippen LogP contribution in [0, 0.1) is 0 Å². The summed E-state index contributed by atoms with van der Waals surface area (Å²) in [6.45, 7) is 5.35. The van der Waals surface area contributed by atoms with Crippen molar-refractivity contribution < 1.29 is 13.2 Å². The number of nitrogens with zero attached hydrogens (tertiary/aromatic N) is 3.